The number of carboxylic acid groups (broad SMARTS) is 1. The van der Waals surface area contributed by atoms with E-state index in [9.17, 15) is 14.7 Å². The monoisotopic (exact) mass is 364 g/mol. The molecule has 1 amide bonds. The van der Waals surface area contributed by atoms with Crippen LogP contribution in [-0.4, -0.2) is 29.9 Å². The van der Waals surface area contributed by atoms with E-state index in [-0.39, 0.29) is 11.9 Å². The van der Waals surface area contributed by atoms with Crippen LogP contribution in [0.2, 0.25) is 0 Å². The lowest BCUT2D eigenvalue weighted by molar-refractivity contribution is -0.309. The van der Waals surface area contributed by atoms with E-state index in [4.69, 9.17) is 4.74 Å². The first-order valence-electron chi connectivity index (χ1n) is 9.39. The Labute approximate surface area is 158 Å². The molecule has 1 heterocycles. The van der Waals surface area contributed by atoms with Crippen molar-refractivity contribution in [1.29, 1.82) is 0 Å². The van der Waals surface area contributed by atoms with Gasteiger partial charge in [0, 0.05) is 23.1 Å². The molecule has 4 rings (SSSR count). The average Bonchev–Trinajstić information content (AvgIpc) is 3.21. The van der Waals surface area contributed by atoms with E-state index >= 15 is 0 Å². The first kappa shape index (κ1) is 17.6. The predicted molar refractivity (Wildman–Crippen MR) is 98.4 cm³/mol. The summed E-state index contributed by atoms with van der Waals surface area (Å²) in [5.74, 6) is -1.63. The summed E-state index contributed by atoms with van der Waals surface area (Å²) in [4.78, 5) is 27.5. The Morgan fingerprint density at radius 2 is 1.67 bits per heavy atom. The third kappa shape index (κ3) is 2.87. The van der Waals surface area contributed by atoms with E-state index in [1.807, 2.05) is 18.2 Å². The summed E-state index contributed by atoms with van der Waals surface area (Å²) in [6.45, 7) is 0. The number of fused-ring (bicyclic) bond motifs is 1. The molecule has 0 N–H and O–H groups in total. The number of para-hydroxylation sites is 1. The molecule has 1 saturated carbocycles. The summed E-state index contributed by atoms with van der Waals surface area (Å²) in [5, 5.41) is 12.3. The molecule has 0 spiro atoms. The number of ether oxygens (including phenoxy) is 1. The Kier molecular flexibility index (Phi) is 4.60. The zero-order valence-electron chi connectivity index (χ0n) is 15.3. The van der Waals surface area contributed by atoms with Gasteiger partial charge in [-0.1, -0.05) is 49.2 Å². The fourth-order valence-corrected chi connectivity index (χ4v) is 4.63. The molecule has 1 fully saturated rings. The number of rotatable bonds is 4. The summed E-state index contributed by atoms with van der Waals surface area (Å²) in [6.07, 6.45) is 3.87. The topological polar surface area (TPSA) is 69.7 Å². The van der Waals surface area contributed by atoms with Crippen molar-refractivity contribution in [3.63, 3.8) is 0 Å². The molecular weight excluding hydrogens is 342 g/mol. The van der Waals surface area contributed by atoms with Gasteiger partial charge >= 0.3 is 0 Å². The highest BCUT2D eigenvalue weighted by atomic mass is 16.5. The first-order valence-corrected chi connectivity index (χ1v) is 9.39. The van der Waals surface area contributed by atoms with Crippen molar-refractivity contribution in [2.24, 2.45) is 0 Å². The summed E-state index contributed by atoms with van der Waals surface area (Å²) in [7, 11) is 1.56. The SMILES string of the molecule is COc1ccccc1[C@H]1[C@H](C(=O)[O-])c2ccccc2C(=O)N1C1CCCC1. The van der Waals surface area contributed by atoms with E-state index in [0.29, 0.717) is 22.4 Å². The number of carboxylic acids is 1. The molecule has 1 aliphatic heterocycles. The fraction of sp³-hybridized carbons (Fsp3) is 0.364. The largest absolute Gasteiger partial charge is 0.549 e. The van der Waals surface area contributed by atoms with E-state index in [0.717, 1.165) is 25.7 Å². The third-order valence-corrected chi connectivity index (χ3v) is 5.81. The van der Waals surface area contributed by atoms with Crippen LogP contribution in [0, 0.1) is 0 Å². The Morgan fingerprint density at radius 3 is 2.33 bits per heavy atom. The zero-order valence-corrected chi connectivity index (χ0v) is 15.3. The van der Waals surface area contributed by atoms with Crippen LogP contribution in [0.15, 0.2) is 48.5 Å². The molecule has 2 aliphatic rings. The first-order chi connectivity index (χ1) is 13.1. The maximum atomic E-state index is 13.4. The molecule has 0 radical (unpaired) electrons. The van der Waals surface area contributed by atoms with Crippen LogP contribution in [0.1, 0.15) is 59.1 Å². The van der Waals surface area contributed by atoms with E-state index < -0.39 is 17.9 Å². The molecule has 0 bridgehead atoms. The van der Waals surface area contributed by atoms with Crippen LogP contribution in [0.25, 0.3) is 0 Å². The average molecular weight is 364 g/mol. The van der Waals surface area contributed by atoms with Gasteiger partial charge in [-0.15, -0.1) is 0 Å². The minimum Gasteiger partial charge on any atom is -0.549 e. The van der Waals surface area contributed by atoms with E-state index in [1.54, 1.807) is 42.3 Å². The van der Waals surface area contributed by atoms with Crippen LogP contribution >= 0.6 is 0 Å². The van der Waals surface area contributed by atoms with Crippen LogP contribution < -0.4 is 9.84 Å². The lowest BCUT2D eigenvalue weighted by Crippen LogP contribution is -2.51. The number of carbonyl (C=O) groups excluding carboxylic acids is 2. The van der Waals surface area contributed by atoms with Gasteiger partial charge in [-0.05, 0) is 30.5 Å². The number of benzene rings is 2. The molecule has 5 nitrogen and oxygen atoms in total. The molecule has 27 heavy (non-hydrogen) atoms. The van der Waals surface area contributed by atoms with Crippen molar-refractivity contribution in [1.82, 2.24) is 4.90 Å². The van der Waals surface area contributed by atoms with Crippen LogP contribution in [0.3, 0.4) is 0 Å². The van der Waals surface area contributed by atoms with Gasteiger partial charge in [0.1, 0.15) is 5.75 Å². The highest BCUT2D eigenvalue weighted by molar-refractivity contribution is 6.00. The van der Waals surface area contributed by atoms with Crippen molar-refractivity contribution >= 4 is 11.9 Å². The fourth-order valence-electron chi connectivity index (χ4n) is 4.63. The second kappa shape index (κ2) is 7.06. The summed E-state index contributed by atoms with van der Waals surface area (Å²) in [6, 6.07) is 13.7. The highest BCUT2D eigenvalue weighted by Gasteiger charge is 2.45. The Balaban J connectivity index is 1.95. The zero-order chi connectivity index (χ0) is 19.0. The summed E-state index contributed by atoms with van der Waals surface area (Å²) in [5.41, 5.74) is 1.70. The van der Waals surface area contributed by atoms with Gasteiger partial charge < -0.3 is 19.5 Å². The predicted octanol–water partition coefficient (Wildman–Crippen LogP) is 2.67. The number of carbonyl (C=O) groups is 2. The Bertz CT molecular complexity index is 872. The Hall–Kier alpha value is -2.82. The molecule has 1 aliphatic carbocycles. The van der Waals surface area contributed by atoms with Crippen LogP contribution in [-0.2, 0) is 4.79 Å². The van der Waals surface area contributed by atoms with Crippen LogP contribution in [0.4, 0.5) is 0 Å². The van der Waals surface area contributed by atoms with Crippen molar-refractivity contribution in [2.45, 2.75) is 43.7 Å². The highest BCUT2D eigenvalue weighted by Crippen LogP contribution is 2.47. The molecular formula is C22H22NO4-. The molecule has 2 aromatic carbocycles. The number of hydrogen-bond donors (Lipinski definition) is 0. The lowest BCUT2D eigenvalue weighted by atomic mass is 9.78. The molecule has 2 aromatic rings. The minimum atomic E-state index is -1.17. The van der Waals surface area contributed by atoms with Gasteiger partial charge in [0.25, 0.3) is 5.91 Å². The summed E-state index contributed by atoms with van der Waals surface area (Å²) < 4.78 is 5.51. The molecule has 140 valence electrons. The van der Waals surface area contributed by atoms with E-state index in [1.165, 1.54) is 0 Å². The molecule has 5 heteroatoms. The quantitative estimate of drug-likeness (QED) is 0.836. The van der Waals surface area contributed by atoms with Crippen molar-refractivity contribution < 1.29 is 19.4 Å². The third-order valence-electron chi connectivity index (χ3n) is 5.81. The molecule has 0 unspecified atom stereocenters. The maximum Gasteiger partial charge on any atom is 0.254 e. The van der Waals surface area contributed by atoms with E-state index in [2.05, 4.69) is 0 Å². The smallest absolute Gasteiger partial charge is 0.254 e. The Morgan fingerprint density at radius 1 is 1.04 bits per heavy atom. The number of hydrogen-bond acceptors (Lipinski definition) is 4. The lowest BCUT2D eigenvalue weighted by Gasteiger charge is -2.46. The standard InChI is InChI=1S/C22H23NO4/c1-27-18-13-7-6-12-17(18)20-19(22(25)26)15-10-4-5-11-16(15)21(24)23(20)14-8-2-3-9-14/h4-7,10-14,19-20H,2-3,8-9H2,1H3,(H,25,26)/p-1/t19-,20+/m1/s1. The number of nitrogens with zero attached hydrogens (tertiary/aromatic N) is 1. The number of amides is 1. The second-order valence-corrected chi connectivity index (χ2v) is 7.22. The van der Waals surface area contributed by atoms with Gasteiger partial charge in [0.15, 0.2) is 0 Å². The summed E-state index contributed by atoms with van der Waals surface area (Å²) >= 11 is 0. The normalized spacial score (nSPS) is 22.6. The van der Waals surface area contributed by atoms with Crippen molar-refractivity contribution in [3.05, 3.63) is 65.2 Å². The minimum absolute atomic E-state index is 0.0302. The molecule has 2 atom stereocenters. The van der Waals surface area contributed by atoms with Crippen molar-refractivity contribution in [3.8, 4) is 5.75 Å². The van der Waals surface area contributed by atoms with Gasteiger partial charge in [0.05, 0.1) is 19.1 Å². The number of methoxy groups -OCH3 is 1. The maximum absolute atomic E-state index is 13.4. The second-order valence-electron chi connectivity index (χ2n) is 7.22. The molecule has 0 saturated heterocycles. The van der Waals surface area contributed by atoms with Gasteiger partial charge in [0.2, 0.25) is 0 Å². The molecule has 0 aromatic heterocycles. The van der Waals surface area contributed by atoms with Gasteiger partial charge in [-0.2, -0.15) is 0 Å². The van der Waals surface area contributed by atoms with Crippen molar-refractivity contribution in [2.75, 3.05) is 7.11 Å². The van der Waals surface area contributed by atoms with Gasteiger partial charge in [-0.3, -0.25) is 4.79 Å². The van der Waals surface area contributed by atoms with Crippen LogP contribution in [0.5, 0.6) is 5.75 Å². The van der Waals surface area contributed by atoms with Gasteiger partial charge in [-0.25, -0.2) is 0 Å². The number of aliphatic carboxylic acids is 1.